The summed E-state index contributed by atoms with van der Waals surface area (Å²) in [6, 6.07) is 6.33. The van der Waals surface area contributed by atoms with Crippen LogP contribution in [0.1, 0.15) is 38.2 Å². The molecule has 0 bridgehead atoms. The Morgan fingerprint density at radius 3 is 2.46 bits per heavy atom. The number of ether oxygens (including phenoxy) is 1. The van der Waals surface area contributed by atoms with E-state index in [-0.39, 0.29) is 18.4 Å². The molecule has 1 aromatic rings. The zero-order valence-corrected chi connectivity index (χ0v) is 15.3. The standard InChI is InChI=1S/C20H27FN2O3/c1-15-6-10-22(11-7-15)19(24)20(25)23(17-8-12-26-13-9-17)14-16-4-2-3-5-18(16)21/h2-5,15,17H,6-14H2,1H3. The molecule has 2 aliphatic heterocycles. The molecule has 0 spiro atoms. The van der Waals surface area contributed by atoms with Gasteiger partial charge in [-0.3, -0.25) is 9.59 Å². The Kier molecular flexibility index (Phi) is 6.25. The van der Waals surface area contributed by atoms with Crippen LogP contribution >= 0.6 is 0 Å². The molecule has 0 atom stereocenters. The Balaban J connectivity index is 1.76. The fourth-order valence-electron chi connectivity index (χ4n) is 3.64. The molecule has 2 heterocycles. The van der Waals surface area contributed by atoms with Crippen molar-refractivity contribution in [2.45, 2.75) is 45.2 Å². The SMILES string of the molecule is CC1CCN(C(=O)C(=O)N(Cc2ccccc2F)C2CCOCC2)CC1. The number of likely N-dealkylation sites (tertiary alicyclic amines) is 1. The van der Waals surface area contributed by atoms with Gasteiger partial charge >= 0.3 is 11.8 Å². The van der Waals surface area contributed by atoms with Crippen LogP contribution in [-0.4, -0.2) is 54.0 Å². The number of nitrogens with zero attached hydrogens (tertiary/aromatic N) is 2. The van der Waals surface area contributed by atoms with Crippen LogP contribution in [0.3, 0.4) is 0 Å². The van der Waals surface area contributed by atoms with E-state index in [1.165, 1.54) is 6.07 Å². The molecule has 0 aliphatic carbocycles. The molecule has 2 aliphatic rings. The monoisotopic (exact) mass is 362 g/mol. The zero-order chi connectivity index (χ0) is 18.5. The summed E-state index contributed by atoms with van der Waals surface area (Å²) in [5.41, 5.74) is 0.437. The first-order chi connectivity index (χ1) is 12.6. The number of hydrogen-bond acceptors (Lipinski definition) is 3. The molecule has 26 heavy (non-hydrogen) atoms. The minimum atomic E-state index is -0.519. The lowest BCUT2D eigenvalue weighted by Gasteiger charge is -2.36. The molecular formula is C20H27FN2O3. The molecule has 0 unspecified atom stereocenters. The van der Waals surface area contributed by atoms with Gasteiger partial charge in [-0.1, -0.05) is 25.1 Å². The molecule has 0 radical (unpaired) electrons. The van der Waals surface area contributed by atoms with Crippen LogP contribution in [0.2, 0.25) is 0 Å². The van der Waals surface area contributed by atoms with Crippen molar-refractivity contribution in [2.75, 3.05) is 26.3 Å². The lowest BCUT2D eigenvalue weighted by atomic mass is 9.99. The number of carbonyl (C=O) groups is 2. The smallest absolute Gasteiger partial charge is 0.312 e. The minimum absolute atomic E-state index is 0.0940. The van der Waals surface area contributed by atoms with Gasteiger partial charge in [0.2, 0.25) is 0 Å². The summed E-state index contributed by atoms with van der Waals surface area (Å²) in [5, 5.41) is 0. The van der Waals surface area contributed by atoms with Gasteiger partial charge in [0.05, 0.1) is 0 Å². The largest absolute Gasteiger partial charge is 0.381 e. The highest BCUT2D eigenvalue weighted by molar-refractivity contribution is 6.35. The van der Waals surface area contributed by atoms with E-state index in [0.29, 0.717) is 50.6 Å². The van der Waals surface area contributed by atoms with Gasteiger partial charge in [0.25, 0.3) is 0 Å². The summed E-state index contributed by atoms with van der Waals surface area (Å²) in [4.78, 5) is 29.0. The van der Waals surface area contributed by atoms with Gasteiger partial charge in [-0.15, -0.1) is 0 Å². The quantitative estimate of drug-likeness (QED) is 0.777. The van der Waals surface area contributed by atoms with Crippen molar-refractivity contribution in [3.63, 3.8) is 0 Å². The average Bonchev–Trinajstić information content (AvgIpc) is 2.67. The van der Waals surface area contributed by atoms with Crippen molar-refractivity contribution < 1.29 is 18.7 Å². The number of piperidine rings is 1. The summed E-state index contributed by atoms with van der Waals surface area (Å²) in [6.45, 7) is 4.63. The second-order valence-electron chi connectivity index (χ2n) is 7.34. The highest BCUT2D eigenvalue weighted by Gasteiger charge is 2.34. The summed E-state index contributed by atoms with van der Waals surface area (Å²) in [7, 11) is 0. The van der Waals surface area contributed by atoms with Crippen LogP contribution in [0.25, 0.3) is 0 Å². The summed E-state index contributed by atoms with van der Waals surface area (Å²) < 4.78 is 19.5. The Morgan fingerprint density at radius 1 is 1.15 bits per heavy atom. The molecule has 5 nitrogen and oxygen atoms in total. The topological polar surface area (TPSA) is 49.9 Å². The second kappa shape index (κ2) is 8.62. The van der Waals surface area contributed by atoms with E-state index in [4.69, 9.17) is 4.74 Å². The molecule has 0 saturated carbocycles. The van der Waals surface area contributed by atoms with Crippen molar-refractivity contribution in [3.05, 3.63) is 35.6 Å². The average molecular weight is 362 g/mol. The molecule has 0 aromatic heterocycles. The van der Waals surface area contributed by atoms with E-state index < -0.39 is 11.8 Å². The van der Waals surface area contributed by atoms with Gasteiger partial charge in [-0.05, 0) is 37.7 Å². The number of hydrogen-bond donors (Lipinski definition) is 0. The van der Waals surface area contributed by atoms with Crippen molar-refractivity contribution in [1.29, 1.82) is 0 Å². The first-order valence-electron chi connectivity index (χ1n) is 9.47. The normalized spacial score (nSPS) is 19.4. The summed E-state index contributed by atoms with van der Waals surface area (Å²) in [5.74, 6) is -0.745. The van der Waals surface area contributed by atoms with Gasteiger partial charge in [0, 0.05) is 44.5 Å². The van der Waals surface area contributed by atoms with E-state index in [2.05, 4.69) is 6.92 Å². The number of carbonyl (C=O) groups excluding carboxylic acids is 2. The molecule has 142 valence electrons. The molecule has 6 heteroatoms. The van der Waals surface area contributed by atoms with E-state index in [1.54, 1.807) is 28.0 Å². The van der Waals surface area contributed by atoms with Crippen LogP contribution in [-0.2, 0) is 20.9 Å². The Bertz CT molecular complexity index is 638. The highest BCUT2D eigenvalue weighted by atomic mass is 19.1. The third-order valence-electron chi connectivity index (χ3n) is 5.44. The third-order valence-corrected chi connectivity index (χ3v) is 5.44. The zero-order valence-electron chi connectivity index (χ0n) is 15.3. The molecule has 2 amide bonds. The second-order valence-corrected chi connectivity index (χ2v) is 7.34. The molecular weight excluding hydrogens is 335 g/mol. The highest BCUT2D eigenvalue weighted by Crippen LogP contribution is 2.21. The van der Waals surface area contributed by atoms with Crippen molar-refractivity contribution in [1.82, 2.24) is 9.80 Å². The van der Waals surface area contributed by atoms with Gasteiger partial charge in [0.15, 0.2) is 0 Å². The molecule has 1 aromatic carbocycles. The lowest BCUT2D eigenvalue weighted by Crippen LogP contribution is -2.51. The molecule has 2 saturated heterocycles. The number of rotatable bonds is 3. The van der Waals surface area contributed by atoms with Crippen molar-refractivity contribution in [2.24, 2.45) is 5.92 Å². The van der Waals surface area contributed by atoms with Crippen LogP contribution in [0.5, 0.6) is 0 Å². The molecule has 0 N–H and O–H groups in total. The predicted molar refractivity (Wildman–Crippen MR) is 95.8 cm³/mol. The van der Waals surface area contributed by atoms with E-state index in [0.717, 1.165) is 12.8 Å². The van der Waals surface area contributed by atoms with Crippen molar-refractivity contribution >= 4 is 11.8 Å². The maximum Gasteiger partial charge on any atom is 0.312 e. The fourth-order valence-corrected chi connectivity index (χ4v) is 3.64. The summed E-state index contributed by atoms with van der Waals surface area (Å²) in [6.07, 6.45) is 3.18. The third kappa shape index (κ3) is 4.41. The fraction of sp³-hybridized carbons (Fsp3) is 0.600. The first-order valence-corrected chi connectivity index (χ1v) is 9.47. The predicted octanol–water partition coefficient (Wildman–Crippen LogP) is 2.59. The summed E-state index contributed by atoms with van der Waals surface area (Å²) >= 11 is 0. The van der Waals surface area contributed by atoms with Gasteiger partial charge in [0.1, 0.15) is 5.82 Å². The maximum atomic E-state index is 14.1. The number of halogens is 1. The van der Waals surface area contributed by atoms with Crippen molar-refractivity contribution in [3.8, 4) is 0 Å². The Morgan fingerprint density at radius 2 is 1.81 bits per heavy atom. The van der Waals surface area contributed by atoms with Crippen LogP contribution in [0.15, 0.2) is 24.3 Å². The van der Waals surface area contributed by atoms with Crippen LogP contribution in [0, 0.1) is 11.7 Å². The van der Waals surface area contributed by atoms with Crippen LogP contribution in [0.4, 0.5) is 4.39 Å². The molecule has 2 fully saturated rings. The van der Waals surface area contributed by atoms with Gasteiger partial charge in [-0.25, -0.2) is 4.39 Å². The van der Waals surface area contributed by atoms with Crippen LogP contribution < -0.4 is 0 Å². The molecule has 3 rings (SSSR count). The van der Waals surface area contributed by atoms with Gasteiger partial charge < -0.3 is 14.5 Å². The first kappa shape index (κ1) is 18.8. The van der Waals surface area contributed by atoms with E-state index in [1.807, 2.05) is 0 Å². The number of benzene rings is 1. The number of amides is 2. The van der Waals surface area contributed by atoms with E-state index >= 15 is 0 Å². The van der Waals surface area contributed by atoms with Gasteiger partial charge in [-0.2, -0.15) is 0 Å². The minimum Gasteiger partial charge on any atom is -0.381 e. The Labute approximate surface area is 154 Å². The Hall–Kier alpha value is -1.95. The lowest BCUT2D eigenvalue weighted by molar-refractivity contribution is -0.155. The maximum absolute atomic E-state index is 14.1. The van der Waals surface area contributed by atoms with E-state index in [9.17, 15) is 14.0 Å².